The van der Waals surface area contributed by atoms with E-state index in [0.717, 1.165) is 0 Å². The summed E-state index contributed by atoms with van der Waals surface area (Å²) < 4.78 is 8.64. The van der Waals surface area contributed by atoms with Crippen molar-refractivity contribution < 1.29 is 23.9 Å². The molecule has 30 heavy (non-hydrogen) atoms. The van der Waals surface area contributed by atoms with Crippen LogP contribution in [0.2, 0.25) is 0 Å². The van der Waals surface area contributed by atoms with Crippen molar-refractivity contribution in [1.29, 1.82) is 0 Å². The monoisotopic (exact) mass is 490 g/mol. The number of alkyl halides is 3. The number of rotatable bonds is 7. The maximum Gasteiger partial charge on any atom is 0.355 e. The summed E-state index contributed by atoms with van der Waals surface area (Å²) in [5.41, 5.74) is 0.565. The summed E-state index contributed by atoms with van der Waals surface area (Å²) in [7, 11) is 0. The first-order valence-corrected chi connectivity index (χ1v) is 10.9. The van der Waals surface area contributed by atoms with Gasteiger partial charge in [-0.25, -0.2) is 4.79 Å². The molecule has 1 aromatic carbocycles. The van der Waals surface area contributed by atoms with Gasteiger partial charge in [0.05, 0.1) is 0 Å². The molecule has 0 aliphatic carbocycles. The molecule has 1 aromatic rings. The van der Waals surface area contributed by atoms with Crippen molar-refractivity contribution in [3.63, 3.8) is 0 Å². The Morgan fingerprint density at radius 2 is 2.00 bits per heavy atom. The summed E-state index contributed by atoms with van der Waals surface area (Å²) in [6.45, 7) is 2.96. The Labute approximate surface area is 192 Å². The number of benzene rings is 1. The topological polar surface area (TPSA) is 84.9 Å². The van der Waals surface area contributed by atoms with Crippen molar-refractivity contribution in [2.45, 2.75) is 15.2 Å². The number of halogens is 3. The lowest BCUT2D eigenvalue weighted by molar-refractivity contribution is -0.153. The molecule has 0 unspecified atom stereocenters. The van der Waals surface area contributed by atoms with Crippen LogP contribution in [0.1, 0.15) is 0 Å². The van der Waals surface area contributed by atoms with Crippen molar-refractivity contribution in [1.82, 2.24) is 10.2 Å². The minimum atomic E-state index is -1.78. The minimum absolute atomic E-state index is 0.0408. The van der Waals surface area contributed by atoms with E-state index in [1.54, 1.807) is 24.3 Å². The molecule has 0 saturated carbocycles. The smallest absolute Gasteiger partial charge is 0.355 e. The maximum absolute atomic E-state index is 12.7. The van der Waals surface area contributed by atoms with Gasteiger partial charge in [-0.2, -0.15) is 0 Å². The van der Waals surface area contributed by atoms with Crippen molar-refractivity contribution in [3.8, 4) is 5.75 Å². The SMILES string of the molecule is C=CC1=C(C(=O)OCC(Cl)(Cl)Cl)N2C(=O)[C@@H](NC(=O)COc3ccccc3)[C@@H]2SC1. The number of nitrogens with one attached hydrogen (secondary N) is 1. The van der Waals surface area contributed by atoms with Gasteiger partial charge in [-0.05, 0) is 17.7 Å². The highest BCUT2D eigenvalue weighted by atomic mass is 35.6. The summed E-state index contributed by atoms with van der Waals surface area (Å²) in [5.74, 6) is -0.745. The minimum Gasteiger partial charge on any atom is -0.484 e. The van der Waals surface area contributed by atoms with Crippen LogP contribution < -0.4 is 10.1 Å². The number of hydrogen-bond acceptors (Lipinski definition) is 6. The summed E-state index contributed by atoms with van der Waals surface area (Å²) in [6.07, 6.45) is 1.47. The van der Waals surface area contributed by atoms with Crippen LogP contribution >= 0.6 is 46.6 Å². The number of carbonyl (C=O) groups is 3. The molecule has 2 aliphatic rings. The first kappa shape index (κ1) is 22.8. The predicted molar refractivity (Wildman–Crippen MR) is 115 cm³/mol. The molecule has 2 heterocycles. The van der Waals surface area contributed by atoms with Crippen LogP contribution in [0.5, 0.6) is 5.75 Å². The first-order chi connectivity index (χ1) is 14.2. The second kappa shape index (κ2) is 9.51. The Balaban J connectivity index is 1.63. The van der Waals surface area contributed by atoms with Gasteiger partial charge in [0.15, 0.2) is 6.61 Å². The van der Waals surface area contributed by atoms with E-state index in [0.29, 0.717) is 17.1 Å². The molecule has 2 amide bonds. The van der Waals surface area contributed by atoms with Crippen LogP contribution in [0.3, 0.4) is 0 Å². The molecule has 2 aliphatic heterocycles. The number of thioether (sulfide) groups is 1. The Hall–Kier alpha value is -1.87. The third kappa shape index (κ3) is 5.24. The van der Waals surface area contributed by atoms with Crippen LogP contribution in [0.25, 0.3) is 0 Å². The van der Waals surface area contributed by atoms with Crippen molar-refractivity contribution in [2.24, 2.45) is 0 Å². The molecule has 3 rings (SSSR count). The molecular formula is C19H17Cl3N2O5S. The lowest BCUT2D eigenvalue weighted by atomic mass is 10.0. The second-order valence-electron chi connectivity index (χ2n) is 6.33. The molecule has 0 spiro atoms. The number of ether oxygens (including phenoxy) is 2. The van der Waals surface area contributed by atoms with E-state index in [1.807, 2.05) is 6.07 Å². The number of esters is 1. The lowest BCUT2D eigenvalue weighted by Crippen LogP contribution is -2.70. The number of para-hydroxylation sites is 1. The number of hydrogen-bond donors (Lipinski definition) is 1. The fraction of sp³-hybridized carbons (Fsp3) is 0.316. The normalized spacial score (nSPS) is 20.8. The van der Waals surface area contributed by atoms with Gasteiger partial charge in [-0.1, -0.05) is 65.7 Å². The molecule has 0 aromatic heterocycles. The predicted octanol–water partition coefficient (Wildman–Crippen LogP) is 2.82. The summed E-state index contributed by atoms with van der Waals surface area (Å²) in [4.78, 5) is 38.7. The van der Waals surface area contributed by atoms with Crippen molar-refractivity contribution >= 4 is 64.3 Å². The molecule has 7 nitrogen and oxygen atoms in total. The van der Waals surface area contributed by atoms with Crippen molar-refractivity contribution in [2.75, 3.05) is 19.0 Å². The molecule has 1 fully saturated rings. The van der Waals surface area contributed by atoms with Gasteiger partial charge >= 0.3 is 5.97 Å². The van der Waals surface area contributed by atoms with E-state index in [1.165, 1.54) is 22.7 Å². The van der Waals surface area contributed by atoms with Gasteiger partial charge in [0.2, 0.25) is 3.79 Å². The van der Waals surface area contributed by atoms with Gasteiger partial charge in [0, 0.05) is 5.75 Å². The molecular weight excluding hydrogens is 475 g/mol. The Morgan fingerprint density at radius 1 is 1.30 bits per heavy atom. The van der Waals surface area contributed by atoms with Crippen LogP contribution in [-0.4, -0.2) is 56.9 Å². The molecule has 1 saturated heterocycles. The molecule has 0 radical (unpaired) electrons. The zero-order valence-electron chi connectivity index (χ0n) is 15.5. The lowest BCUT2D eigenvalue weighted by Gasteiger charge is -2.49. The van der Waals surface area contributed by atoms with Gasteiger partial charge < -0.3 is 14.8 Å². The van der Waals surface area contributed by atoms with E-state index >= 15 is 0 Å². The third-order valence-electron chi connectivity index (χ3n) is 4.23. The summed E-state index contributed by atoms with van der Waals surface area (Å²) in [5, 5.41) is 2.18. The third-order valence-corrected chi connectivity index (χ3v) is 5.86. The van der Waals surface area contributed by atoms with Crippen LogP contribution in [-0.2, 0) is 19.1 Å². The van der Waals surface area contributed by atoms with Crippen molar-refractivity contribution in [3.05, 3.63) is 54.3 Å². The van der Waals surface area contributed by atoms with Crippen LogP contribution in [0.4, 0.5) is 0 Å². The zero-order valence-corrected chi connectivity index (χ0v) is 18.6. The Morgan fingerprint density at radius 3 is 2.63 bits per heavy atom. The van der Waals surface area contributed by atoms with Gasteiger partial charge in [-0.15, -0.1) is 11.8 Å². The highest BCUT2D eigenvalue weighted by Crippen LogP contribution is 2.41. The molecule has 1 N–H and O–H groups in total. The first-order valence-electron chi connectivity index (χ1n) is 8.72. The van der Waals surface area contributed by atoms with E-state index < -0.39 is 39.6 Å². The van der Waals surface area contributed by atoms with Gasteiger partial charge in [0.25, 0.3) is 11.8 Å². The second-order valence-corrected chi connectivity index (χ2v) is 9.95. The Bertz CT molecular complexity index is 888. The quantitative estimate of drug-likeness (QED) is 0.359. The number of fused-ring (bicyclic) bond motifs is 1. The average Bonchev–Trinajstić information content (AvgIpc) is 2.73. The van der Waals surface area contributed by atoms with E-state index in [-0.39, 0.29) is 12.3 Å². The van der Waals surface area contributed by atoms with E-state index in [2.05, 4.69) is 11.9 Å². The van der Waals surface area contributed by atoms with Gasteiger partial charge in [0.1, 0.15) is 29.5 Å². The van der Waals surface area contributed by atoms with Crippen LogP contribution in [0.15, 0.2) is 54.3 Å². The number of amides is 2. The molecule has 11 heteroatoms. The Kier molecular flexibility index (Phi) is 7.23. The highest BCUT2D eigenvalue weighted by Gasteiger charge is 2.54. The fourth-order valence-corrected chi connectivity index (χ4v) is 4.39. The number of β-lactam (4-membered cyclic amide) rings is 1. The highest BCUT2D eigenvalue weighted by molar-refractivity contribution is 8.00. The van der Waals surface area contributed by atoms with Gasteiger partial charge in [-0.3, -0.25) is 14.5 Å². The average molecular weight is 492 g/mol. The number of allylic oxidation sites excluding steroid dienone is 1. The molecule has 2 atom stereocenters. The number of nitrogens with zero attached hydrogens (tertiary/aromatic N) is 1. The van der Waals surface area contributed by atoms with Crippen LogP contribution in [0, 0.1) is 0 Å². The number of carbonyl (C=O) groups excluding carboxylic acids is 3. The largest absolute Gasteiger partial charge is 0.484 e. The summed E-state index contributed by atoms with van der Waals surface area (Å²) in [6, 6.07) is 8.05. The van der Waals surface area contributed by atoms with E-state index in [9.17, 15) is 14.4 Å². The summed E-state index contributed by atoms with van der Waals surface area (Å²) >= 11 is 18.3. The zero-order chi connectivity index (χ0) is 21.9. The standard InChI is InChI=1S/C19H17Cl3N2O5S/c1-2-11-9-30-17-14(23-13(25)8-28-12-6-4-3-5-7-12)16(26)24(17)15(11)18(27)29-10-19(20,21)22/h2-7,14,17H,1,8-10H2,(H,23,25)/t14-,17+/m1/s1. The van der Waals surface area contributed by atoms with E-state index in [4.69, 9.17) is 44.3 Å². The maximum atomic E-state index is 12.7. The fourth-order valence-electron chi connectivity index (χ4n) is 2.89. The molecule has 0 bridgehead atoms. The molecule has 160 valence electrons.